The number of rotatable bonds is 4. The maximum absolute atomic E-state index is 12.9. The third kappa shape index (κ3) is 3.57. The van der Waals surface area contributed by atoms with Gasteiger partial charge in [0.1, 0.15) is 10.8 Å². The lowest BCUT2D eigenvalue weighted by atomic mass is 10.2. The number of benzene rings is 1. The van der Waals surface area contributed by atoms with Crippen LogP contribution in [0.1, 0.15) is 17.5 Å². The molecular weight excluding hydrogens is 287 g/mol. The Morgan fingerprint density at radius 2 is 1.81 bits per heavy atom. The molecule has 6 heteroatoms. The molecule has 0 aliphatic carbocycles. The van der Waals surface area contributed by atoms with Crippen molar-refractivity contribution in [2.75, 3.05) is 37.6 Å². The van der Waals surface area contributed by atoms with Gasteiger partial charge in [0.15, 0.2) is 0 Å². The Kier molecular flexibility index (Phi) is 4.45. The van der Waals surface area contributed by atoms with Crippen molar-refractivity contribution in [3.63, 3.8) is 0 Å². The summed E-state index contributed by atoms with van der Waals surface area (Å²) >= 11 is 1.64. The van der Waals surface area contributed by atoms with Crippen molar-refractivity contribution in [3.8, 4) is 0 Å². The highest BCUT2D eigenvalue weighted by atomic mass is 32.1. The first-order valence-electron chi connectivity index (χ1n) is 7.28. The summed E-state index contributed by atoms with van der Waals surface area (Å²) in [5.74, 6) is -0.203. The van der Waals surface area contributed by atoms with E-state index < -0.39 is 0 Å². The molecule has 0 saturated carbocycles. The van der Waals surface area contributed by atoms with Gasteiger partial charge < -0.3 is 9.80 Å². The van der Waals surface area contributed by atoms with Crippen molar-refractivity contribution in [1.82, 2.24) is 15.1 Å². The Hall–Kier alpha value is -1.53. The van der Waals surface area contributed by atoms with Gasteiger partial charge in [-0.15, -0.1) is 10.2 Å². The molecule has 4 nitrogen and oxygen atoms in total. The van der Waals surface area contributed by atoms with Gasteiger partial charge in [-0.25, -0.2) is 4.39 Å². The lowest BCUT2D eigenvalue weighted by Gasteiger charge is -2.33. The molecule has 1 saturated heterocycles. The molecule has 0 N–H and O–H groups in total. The first-order valence-corrected chi connectivity index (χ1v) is 8.10. The number of hydrogen-bond donors (Lipinski definition) is 0. The molecule has 1 aliphatic heterocycles. The molecule has 21 heavy (non-hydrogen) atoms. The minimum atomic E-state index is -0.203. The van der Waals surface area contributed by atoms with Crippen molar-refractivity contribution >= 4 is 16.5 Å². The van der Waals surface area contributed by atoms with Gasteiger partial charge in [0, 0.05) is 32.6 Å². The predicted molar refractivity (Wildman–Crippen MR) is 83.4 cm³/mol. The third-order valence-corrected chi connectivity index (χ3v) is 4.80. The molecular formula is C15H19FN4S. The van der Waals surface area contributed by atoms with E-state index in [1.807, 2.05) is 0 Å². The molecule has 0 unspecified atom stereocenters. The smallest absolute Gasteiger partial charge is 0.208 e. The Bertz CT molecular complexity index is 576. The van der Waals surface area contributed by atoms with E-state index in [0.29, 0.717) is 6.42 Å². The lowest BCUT2D eigenvalue weighted by Crippen LogP contribution is -2.46. The van der Waals surface area contributed by atoms with E-state index in [1.54, 1.807) is 23.5 Å². The quantitative estimate of drug-likeness (QED) is 0.868. The highest BCUT2D eigenvalue weighted by Gasteiger charge is 2.19. The molecule has 112 valence electrons. The van der Waals surface area contributed by atoms with Gasteiger partial charge in [0.25, 0.3) is 0 Å². The SMILES string of the molecule is CCN1CCN(c2nnc(Cc3ccc(F)cc3)s2)CC1. The summed E-state index contributed by atoms with van der Waals surface area (Å²) in [4.78, 5) is 4.74. The number of anilines is 1. The Balaban J connectivity index is 1.62. The summed E-state index contributed by atoms with van der Waals surface area (Å²) in [7, 11) is 0. The molecule has 1 aliphatic rings. The van der Waals surface area contributed by atoms with E-state index in [2.05, 4.69) is 26.9 Å². The van der Waals surface area contributed by atoms with Crippen LogP contribution in [0.5, 0.6) is 0 Å². The zero-order valence-corrected chi connectivity index (χ0v) is 12.9. The van der Waals surface area contributed by atoms with Crippen LogP contribution in [0.25, 0.3) is 0 Å². The van der Waals surface area contributed by atoms with Crippen molar-refractivity contribution in [2.24, 2.45) is 0 Å². The maximum atomic E-state index is 12.9. The molecule has 3 rings (SSSR count). The van der Waals surface area contributed by atoms with Crippen LogP contribution in [0.3, 0.4) is 0 Å². The van der Waals surface area contributed by atoms with E-state index in [4.69, 9.17) is 0 Å². The second kappa shape index (κ2) is 6.49. The van der Waals surface area contributed by atoms with Crippen LogP contribution in [-0.2, 0) is 6.42 Å². The normalized spacial score (nSPS) is 16.4. The Morgan fingerprint density at radius 1 is 1.10 bits per heavy atom. The average Bonchev–Trinajstić information content (AvgIpc) is 2.98. The second-order valence-electron chi connectivity index (χ2n) is 5.20. The maximum Gasteiger partial charge on any atom is 0.208 e. The zero-order valence-electron chi connectivity index (χ0n) is 12.1. The highest BCUT2D eigenvalue weighted by molar-refractivity contribution is 7.15. The van der Waals surface area contributed by atoms with Crippen LogP contribution in [0.4, 0.5) is 9.52 Å². The molecule has 2 aromatic rings. The molecule has 0 atom stereocenters. The van der Waals surface area contributed by atoms with Crippen LogP contribution in [0.2, 0.25) is 0 Å². The standard InChI is InChI=1S/C15H19FN4S/c1-2-19-7-9-20(10-8-19)15-18-17-14(21-15)11-12-3-5-13(16)6-4-12/h3-6H,2,7-11H2,1H3. The average molecular weight is 306 g/mol. The van der Waals surface area contributed by atoms with Crippen molar-refractivity contribution in [2.45, 2.75) is 13.3 Å². The van der Waals surface area contributed by atoms with Gasteiger partial charge >= 0.3 is 0 Å². The summed E-state index contributed by atoms with van der Waals surface area (Å²) in [5, 5.41) is 10.6. The number of nitrogens with zero attached hydrogens (tertiary/aromatic N) is 4. The minimum absolute atomic E-state index is 0.203. The number of likely N-dealkylation sites (N-methyl/N-ethyl adjacent to an activating group) is 1. The zero-order chi connectivity index (χ0) is 14.7. The Labute approximate surface area is 128 Å². The first kappa shape index (κ1) is 14.4. The van der Waals surface area contributed by atoms with Crippen molar-refractivity contribution in [1.29, 1.82) is 0 Å². The molecule has 0 bridgehead atoms. The Morgan fingerprint density at radius 3 is 2.48 bits per heavy atom. The van der Waals surface area contributed by atoms with Gasteiger partial charge in [-0.1, -0.05) is 30.4 Å². The number of piperazine rings is 1. The lowest BCUT2D eigenvalue weighted by molar-refractivity contribution is 0.271. The van der Waals surface area contributed by atoms with E-state index in [0.717, 1.165) is 48.4 Å². The molecule has 2 heterocycles. The van der Waals surface area contributed by atoms with E-state index >= 15 is 0 Å². The van der Waals surface area contributed by atoms with E-state index in [-0.39, 0.29) is 5.82 Å². The monoisotopic (exact) mass is 306 g/mol. The van der Waals surface area contributed by atoms with Gasteiger partial charge in [0.2, 0.25) is 5.13 Å². The predicted octanol–water partition coefficient (Wildman–Crippen LogP) is 2.41. The largest absolute Gasteiger partial charge is 0.344 e. The van der Waals surface area contributed by atoms with Crippen LogP contribution < -0.4 is 4.90 Å². The van der Waals surface area contributed by atoms with Gasteiger partial charge in [-0.2, -0.15) is 0 Å². The van der Waals surface area contributed by atoms with Gasteiger partial charge in [0.05, 0.1) is 0 Å². The van der Waals surface area contributed by atoms with Crippen LogP contribution in [0.15, 0.2) is 24.3 Å². The summed E-state index contributed by atoms with van der Waals surface area (Å²) in [5.41, 5.74) is 1.06. The molecule has 1 aromatic carbocycles. The van der Waals surface area contributed by atoms with Gasteiger partial charge in [-0.3, -0.25) is 0 Å². The fourth-order valence-electron chi connectivity index (χ4n) is 2.48. The van der Waals surface area contributed by atoms with Crippen LogP contribution in [0, 0.1) is 5.82 Å². The summed E-state index contributed by atoms with van der Waals surface area (Å²) in [6.07, 6.45) is 0.715. The second-order valence-corrected chi connectivity index (χ2v) is 6.24. The number of aromatic nitrogens is 2. The first-order chi connectivity index (χ1) is 10.2. The van der Waals surface area contributed by atoms with Crippen LogP contribution in [-0.4, -0.2) is 47.8 Å². The summed E-state index contributed by atoms with van der Waals surface area (Å²) < 4.78 is 12.9. The van der Waals surface area contributed by atoms with Crippen molar-refractivity contribution < 1.29 is 4.39 Å². The van der Waals surface area contributed by atoms with E-state index in [9.17, 15) is 4.39 Å². The number of hydrogen-bond acceptors (Lipinski definition) is 5. The molecule has 0 amide bonds. The van der Waals surface area contributed by atoms with E-state index in [1.165, 1.54) is 12.1 Å². The van der Waals surface area contributed by atoms with Crippen molar-refractivity contribution in [3.05, 3.63) is 40.7 Å². The fraction of sp³-hybridized carbons (Fsp3) is 0.467. The summed E-state index contributed by atoms with van der Waals surface area (Å²) in [6, 6.07) is 6.58. The summed E-state index contributed by atoms with van der Waals surface area (Å²) in [6.45, 7) is 7.51. The molecule has 0 spiro atoms. The molecule has 1 fully saturated rings. The molecule has 1 aromatic heterocycles. The fourth-order valence-corrected chi connectivity index (χ4v) is 3.40. The molecule has 0 radical (unpaired) electrons. The minimum Gasteiger partial charge on any atom is -0.344 e. The number of halogens is 1. The van der Waals surface area contributed by atoms with Crippen LogP contribution >= 0.6 is 11.3 Å². The van der Waals surface area contributed by atoms with Gasteiger partial charge in [-0.05, 0) is 24.2 Å². The third-order valence-electron chi connectivity index (χ3n) is 3.81. The topological polar surface area (TPSA) is 32.3 Å². The highest BCUT2D eigenvalue weighted by Crippen LogP contribution is 2.23.